The summed E-state index contributed by atoms with van der Waals surface area (Å²) in [4.78, 5) is 11.7. The molecular formula is C12H22N2OS. The van der Waals surface area contributed by atoms with Gasteiger partial charge in [0.2, 0.25) is 5.91 Å². The summed E-state index contributed by atoms with van der Waals surface area (Å²) in [5.41, 5.74) is 6.30. The minimum absolute atomic E-state index is 0.0426. The molecule has 0 unspecified atom stereocenters. The molecule has 3 nitrogen and oxygen atoms in total. The van der Waals surface area contributed by atoms with Crippen molar-refractivity contribution in [2.24, 2.45) is 17.1 Å². The monoisotopic (exact) mass is 242 g/mol. The van der Waals surface area contributed by atoms with Gasteiger partial charge in [0.1, 0.15) is 0 Å². The Balaban J connectivity index is 1.67. The van der Waals surface area contributed by atoms with Gasteiger partial charge in [-0.05, 0) is 55.4 Å². The van der Waals surface area contributed by atoms with Crippen molar-refractivity contribution in [3.63, 3.8) is 0 Å². The molecule has 0 saturated heterocycles. The highest BCUT2D eigenvalue weighted by atomic mass is 32.2. The number of hydrogen-bond donors (Lipinski definition) is 2. The quantitative estimate of drug-likeness (QED) is 0.709. The maximum Gasteiger partial charge on any atom is 0.236 e. The van der Waals surface area contributed by atoms with E-state index in [0.717, 1.165) is 24.6 Å². The molecule has 1 atom stereocenters. The topological polar surface area (TPSA) is 55.1 Å². The van der Waals surface area contributed by atoms with Crippen molar-refractivity contribution in [3.8, 4) is 0 Å². The Morgan fingerprint density at radius 1 is 1.56 bits per heavy atom. The molecule has 92 valence electrons. The molecule has 0 aromatic rings. The number of thioether (sulfide) groups is 1. The Kier molecular flexibility index (Phi) is 3.80. The van der Waals surface area contributed by atoms with Crippen LogP contribution in [0.4, 0.5) is 0 Å². The van der Waals surface area contributed by atoms with Crippen LogP contribution >= 0.6 is 11.8 Å². The summed E-state index contributed by atoms with van der Waals surface area (Å²) in [6.45, 7) is 0.865. The first-order valence-corrected chi connectivity index (χ1v) is 7.59. The summed E-state index contributed by atoms with van der Waals surface area (Å²) < 4.78 is 0. The normalized spacial score (nSPS) is 23.9. The predicted molar refractivity (Wildman–Crippen MR) is 68.4 cm³/mol. The SMILES string of the molecule is CSCC[C@H](N)C(=O)NCC1(C2CC2)CC1. The fourth-order valence-electron chi connectivity index (χ4n) is 2.36. The molecule has 0 heterocycles. The minimum Gasteiger partial charge on any atom is -0.354 e. The summed E-state index contributed by atoms with van der Waals surface area (Å²) in [5, 5.41) is 3.04. The molecule has 0 radical (unpaired) electrons. The lowest BCUT2D eigenvalue weighted by Gasteiger charge is -2.17. The van der Waals surface area contributed by atoms with Gasteiger partial charge < -0.3 is 11.1 Å². The van der Waals surface area contributed by atoms with Crippen LogP contribution in [-0.4, -0.2) is 30.5 Å². The minimum atomic E-state index is -0.317. The molecule has 2 aliphatic carbocycles. The van der Waals surface area contributed by atoms with Gasteiger partial charge in [0.25, 0.3) is 0 Å². The third-order valence-corrected chi connectivity index (χ3v) is 4.56. The summed E-state index contributed by atoms with van der Waals surface area (Å²) in [7, 11) is 0. The number of carbonyl (C=O) groups is 1. The molecule has 0 aromatic heterocycles. The van der Waals surface area contributed by atoms with Crippen LogP contribution < -0.4 is 11.1 Å². The van der Waals surface area contributed by atoms with Crippen molar-refractivity contribution in [1.82, 2.24) is 5.32 Å². The van der Waals surface area contributed by atoms with Crippen molar-refractivity contribution in [3.05, 3.63) is 0 Å². The van der Waals surface area contributed by atoms with Gasteiger partial charge in [-0.3, -0.25) is 4.79 Å². The van der Waals surface area contributed by atoms with E-state index in [1.807, 2.05) is 6.26 Å². The van der Waals surface area contributed by atoms with Gasteiger partial charge in [-0.1, -0.05) is 0 Å². The van der Waals surface area contributed by atoms with Gasteiger partial charge in [-0.2, -0.15) is 11.8 Å². The zero-order valence-corrected chi connectivity index (χ0v) is 10.8. The summed E-state index contributed by atoms with van der Waals surface area (Å²) in [6, 6.07) is -0.317. The third-order valence-electron chi connectivity index (χ3n) is 3.92. The van der Waals surface area contributed by atoms with E-state index in [0.29, 0.717) is 5.41 Å². The van der Waals surface area contributed by atoms with Crippen molar-refractivity contribution in [2.45, 2.75) is 38.1 Å². The predicted octanol–water partition coefficient (Wildman–Crippen LogP) is 1.37. The largest absolute Gasteiger partial charge is 0.354 e. The van der Waals surface area contributed by atoms with Crippen LogP contribution in [-0.2, 0) is 4.79 Å². The third kappa shape index (κ3) is 2.92. The Hall–Kier alpha value is -0.220. The smallest absolute Gasteiger partial charge is 0.236 e. The molecule has 0 spiro atoms. The standard InChI is InChI=1S/C12H22N2OS/c1-16-7-4-10(13)11(15)14-8-12(5-6-12)9-2-3-9/h9-10H,2-8,13H2,1H3,(H,14,15)/t10-/m0/s1. The van der Waals surface area contributed by atoms with Gasteiger partial charge in [0.15, 0.2) is 0 Å². The van der Waals surface area contributed by atoms with E-state index < -0.39 is 0 Å². The van der Waals surface area contributed by atoms with Gasteiger partial charge in [-0.25, -0.2) is 0 Å². The lowest BCUT2D eigenvalue weighted by atomic mass is 10.0. The zero-order chi connectivity index (χ0) is 11.6. The highest BCUT2D eigenvalue weighted by Gasteiger charge is 2.53. The van der Waals surface area contributed by atoms with Crippen LogP contribution in [0, 0.1) is 11.3 Å². The second-order valence-electron chi connectivity index (χ2n) is 5.24. The number of amides is 1. The van der Waals surface area contributed by atoms with Crippen LogP contribution in [0.15, 0.2) is 0 Å². The highest BCUT2D eigenvalue weighted by Crippen LogP contribution is 2.60. The van der Waals surface area contributed by atoms with Crippen molar-refractivity contribution < 1.29 is 4.79 Å². The fourth-order valence-corrected chi connectivity index (χ4v) is 2.85. The lowest BCUT2D eigenvalue weighted by Crippen LogP contribution is -2.43. The van der Waals surface area contributed by atoms with Gasteiger partial charge >= 0.3 is 0 Å². The molecular weight excluding hydrogens is 220 g/mol. The molecule has 2 saturated carbocycles. The van der Waals surface area contributed by atoms with E-state index in [-0.39, 0.29) is 11.9 Å². The number of nitrogens with one attached hydrogen (secondary N) is 1. The average molecular weight is 242 g/mol. The maximum absolute atomic E-state index is 11.7. The maximum atomic E-state index is 11.7. The van der Waals surface area contributed by atoms with Gasteiger partial charge in [0, 0.05) is 6.54 Å². The van der Waals surface area contributed by atoms with E-state index in [2.05, 4.69) is 5.32 Å². The summed E-state index contributed by atoms with van der Waals surface area (Å²) in [5.74, 6) is 1.90. The average Bonchev–Trinajstić information content (AvgIpc) is 3.14. The van der Waals surface area contributed by atoms with Crippen LogP contribution in [0.1, 0.15) is 32.1 Å². The number of nitrogens with two attached hydrogens (primary N) is 1. The first-order chi connectivity index (χ1) is 7.68. The Bertz CT molecular complexity index is 262. The highest BCUT2D eigenvalue weighted by molar-refractivity contribution is 7.98. The Morgan fingerprint density at radius 3 is 2.75 bits per heavy atom. The molecule has 2 aliphatic rings. The second-order valence-corrected chi connectivity index (χ2v) is 6.23. The first kappa shape index (κ1) is 12.2. The Labute approximate surface area is 102 Å². The molecule has 4 heteroatoms. The summed E-state index contributed by atoms with van der Waals surface area (Å²) in [6.07, 6.45) is 8.17. The van der Waals surface area contributed by atoms with Crippen LogP contribution in [0.2, 0.25) is 0 Å². The zero-order valence-electron chi connectivity index (χ0n) is 10.00. The van der Waals surface area contributed by atoms with E-state index in [1.165, 1.54) is 25.7 Å². The van der Waals surface area contributed by atoms with E-state index in [9.17, 15) is 4.79 Å². The molecule has 2 rings (SSSR count). The van der Waals surface area contributed by atoms with Crippen molar-refractivity contribution in [2.75, 3.05) is 18.6 Å². The lowest BCUT2D eigenvalue weighted by molar-refractivity contribution is -0.122. The molecule has 16 heavy (non-hydrogen) atoms. The van der Waals surface area contributed by atoms with Crippen LogP contribution in [0.25, 0.3) is 0 Å². The Morgan fingerprint density at radius 2 is 2.25 bits per heavy atom. The van der Waals surface area contributed by atoms with Crippen LogP contribution in [0.3, 0.4) is 0 Å². The number of hydrogen-bond acceptors (Lipinski definition) is 3. The van der Waals surface area contributed by atoms with E-state index >= 15 is 0 Å². The van der Waals surface area contributed by atoms with Crippen molar-refractivity contribution >= 4 is 17.7 Å². The van der Waals surface area contributed by atoms with Crippen LogP contribution in [0.5, 0.6) is 0 Å². The summed E-state index contributed by atoms with van der Waals surface area (Å²) >= 11 is 1.74. The first-order valence-electron chi connectivity index (χ1n) is 6.20. The molecule has 1 amide bonds. The number of carbonyl (C=O) groups excluding carboxylic acids is 1. The van der Waals surface area contributed by atoms with Gasteiger partial charge in [0.05, 0.1) is 6.04 Å². The van der Waals surface area contributed by atoms with Crippen molar-refractivity contribution in [1.29, 1.82) is 0 Å². The van der Waals surface area contributed by atoms with E-state index in [4.69, 9.17) is 5.73 Å². The van der Waals surface area contributed by atoms with E-state index in [1.54, 1.807) is 11.8 Å². The molecule has 3 N–H and O–H groups in total. The molecule has 0 bridgehead atoms. The molecule has 2 fully saturated rings. The molecule has 0 aliphatic heterocycles. The van der Waals surface area contributed by atoms with Gasteiger partial charge in [-0.15, -0.1) is 0 Å². The number of rotatable bonds is 7. The fraction of sp³-hybridized carbons (Fsp3) is 0.917. The second kappa shape index (κ2) is 4.96. The molecule has 0 aromatic carbocycles.